The van der Waals surface area contributed by atoms with Gasteiger partial charge in [-0.2, -0.15) is 0 Å². The van der Waals surface area contributed by atoms with Crippen molar-refractivity contribution >= 4 is 25.4 Å². The van der Waals surface area contributed by atoms with Crippen molar-refractivity contribution in [3.63, 3.8) is 0 Å². The largest absolute Gasteiger partial charge is 0.460 e. The minimum absolute atomic E-state index is 0.0580. The third-order valence-electron chi connectivity index (χ3n) is 3.70. The van der Waals surface area contributed by atoms with Crippen LogP contribution in [-0.2, 0) is 42.2 Å². The molecule has 28 heavy (non-hydrogen) atoms. The Morgan fingerprint density at radius 1 is 1.14 bits per heavy atom. The number of carbonyl (C=O) groups is 3. The Balaban J connectivity index is 2.96. The van der Waals surface area contributed by atoms with Gasteiger partial charge in [0.05, 0.1) is 19.3 Å². The summed E-state index contributed by atoms with van der Waals surface area (Å²) in [7, 11) is -3.72. The number of hydrogen-bond acceptors (Lipinski definition) is 10. The number of ether oxygens (including phenoxy) is 3. The third-order valence-corrected chi connectivity index (χ3v) is 5.68. The first-order valence-electron chi connectivity index (χ1n) is 8.88. The Labute approximate surface area is 163 Å². The van der Waals surface area contributed by atoms with Crippen LogP contribution < -0.4 is 5.32 Å². The first-order valence-corrected chi connectivity index (χ1v) is 10.6. The maximum atomic E-state index is 12.5. The molecule has 1 saturated heterocycles. The summed E-state index contributed by atoms with van der Waals surface area (Å²) in [6, 6.07) is 0. The van der Waals surface area contributed by atoms with Crippen molar-refractivity contribution in [2.75, 3.05) is 19.4 Å². The Hall–Kier alpha value is -1.52. The zero-order chi connectivity index (χ0) is 21.5. The van der Waals surface area contributed by atoms with Crippen LogP contribution in [0.1, 0.15) is 41.0 Å². The third kappa shape index (κ3) is 7.14. The summed E-state index contributed by atoms with van der Waals surface area (Å²) in [6.07, 6.45) is -3.79. The molecule has 0 radical (unpaired) electrons. The summed E-state index contributed by atoms with van der Waals surface area (Å²) >= 11 is 0. The highest BCUT2D eigenvalue weighted by atomic mass is 31.2. The average molecular weight is 425 g/mol. The molecule has 1 rings (SSSR count). The van der Waals surface area contributed by atoms with Gasteiger partial charge in [0, 0.05) is 20.3 Å². The van der Waals surface area contributed by atoms with Crippen molar-refractivity contribution in [2.45, 2.75) is 65.3 Å². The van der Waals surface area contributed by atoms with Gasteiger partial charge in [-0.3, -0.25) is 18.9 Å². The molecule has 11 nitrogen and oxygen atoms in total. The van der Waals surface area contributed by atoms with Crippen LogP contribution in [0.3, 0.4) is 0 Å². The normalized spacial score (nSPS) is 27.7. The summed E-state index contributed by atoms with van der Waals surface area (Å²) in [5.74, 6) is -4.64. The predicted octanol–water partition coefficient (Wildman–Crippen LogP) is 0.687. The van der Waals surface area contributed by atoms with Gasteiger partial charge in [-0.1, -0.05) is 0 Å². The fourth-order valence-electron chi connectivity index (χ4n) is 2.73. The first-order chi connectivity index (χ1) is 12.9. The second-order valence-electron chi connectivity index (χ2n) is 6.15. The molecule has 162 valence electrons. The fourth-order valence-corrected chi connectivity index (χ4v) is 4.20. The van der Waals surface area contributed by atoms with Gasteiger partial charge in [-0.15, -0.1) is 0 Å². The molecule has 0 spiro atoms. The summed E-state index contributed by atoms with van der Waals surface area (Å²) in [5, 5.41) is 13.0. The number of amides is 1. The topological polar surface area (TPSA) is 147 Å². The van der Waals surface area contributed by atoms with Gasteiger partial charge >= 0.3 is 19.5 Å². The van der Waals surface area contributed by atoms with E-state index in [0.717, 1.165) is 6.92 Å². The summed E-state index contributed by atoms with van der Waals surface area (Å²) < 4.78 is 38.1. The minimum atomic E-state index is -3.72. The monoisotopic (exact) mass is 425 g/mol. The molecule has 0 aromatic rings. The molecule has 0 aromatic heterocycles. The first kappa shape index (κ1) is 24.5. The molecule has 12 heteroatoms. The van der Waals surface area contributed by atoms with Gasteiger partial charge in [-0.25, -0.2) is 0 Å². The summed E-state index contributed by atoms with van der Waals surface area (Å²) in [6.45, 7) is 7.13. The fraction of sp³-hybridized carbons (Fsp3) is 0.812. The van der Waals surface area contributed by atoms with Crippen molar-refractivity contribution in [1.82, 2.24) is 5.32 Å². The highest BCUT2D eigenvalue weighted by Gasteiger charge is 2.51. The van der Waals surface area contributed by atoms with E-state index in [1.807, 2.05) is 0 Å². The van der Waals surface area contributed by atoms with Crippen molar-refractivity contribution in [2.24, 2.45) is 0 Å². The van der Waals surface area contributed by atoms with E-state index < -0.39 is 55.8 Å². The average Bonchev–Trinajstić information content (AvgIpc) is 2.51. The molecule has 1 amide bonds. The van der Waals surface area contributed by atoms with E-state index in [-0.39, 0.29) is 19.6 Å². The van der Waals surface area contributed by atoms with Crippen LogP contribution in [0.4, 0.5) is 0 Å². The number of rotatable bonds is 9. The molecule has 0 aliphatic carbocycles. The van der Waals surface area contributed by atoms with Gasteiger partial charge in [0.1, 0.15) is 12.3 Å². The molecule has 1 aliphatic rings. The number of aliphatic hydroxyl groups is 1. The Morgan fingerprint density at radius 3 is 2.14 bits per heavy atom. The highest BCUT2D eigenvalue weighted by Crippen LogP contribution is 2.47. The van der Waals surface area contributed by atoms with Crippen LogP contribution >= 0.6 is 7.60 Å². The second-order valence-corrected chi connectivity index (χ2v) is 8.21. The van der Waals surface area contributed by atoms with Gasteiger partial charge in [0.2, 0.25) is 5.91 Å². The van der Waals surface area contributed by atoms with Crippen molar-refractivity contribution < 1.29 is 47.3 Å². The standard InChI is InChI=1S/C16H28NO10P/c1-6-23-28(22,24-7-2)9-15(20)17-16(21)14(26-12(5)19)8-13(10(3)27-16)25-11(4)18/h10,13-14,21H,6-9H2,1-5H3,(H,17,20)/t10-,13+,14+,16?/m1/s1. The maximum absolute atomic E-state index is 12.5. The molecule has 0 saturated carbocycles. The lowest BCUT2D eigenvalue weighted by Gasteiger charge is -2.44. The highest BCUT2D eigenvalue weighted by molar-refractivity contribution is 7.54. The molecule has 0 bridgehead atoms. The smallest absolute Gasteiger partial charge is 0.340 e. The SMILES string of the molecule is CCOP(=O)(CC(=O)NC1(O)O[C@H](C)[C@@H](OC(C)=O)C[C@@H]1OC(C)=O)OCC. The maximum Gasteiger partial charge on any atom is 0.340 e. The van der Waals surface area contributed by atoms with Gasteiger partial charge in [0.15, 0.2) is 6.10 Å². The zero-order valence-corrected chi connectivity index (χ0v) is 17.5. The molecule has 2 N–H and O–H groups in total. The predicted molar refractivity (Wildman–Crippen MR) is 95.1 cm³/mol. The summed E-state index contributed by atoms with van der Waals surface area (Å²) in [5.41, 5.74) is 0. The number of esters is 2. The number of hydrogen-bond donors (Lipinski definition) is 2. The lowest BCUT2D eigenvalue weighted by molar-refractivity contribution is -0.329. The van der Waals surface area contributed by atoms with Crippen molar-refractivity contribution in [3.05, 3.63) is 0 Å². The van der Waals surface area contributed by atoms with E-state index in [1.165, 1.54) is 13.8 Å². The summed E-state index contributed by atoms with van der Waals surface area (Å²) in [4.78, 5) is 35.0. The molecule has 1 unspecified atom stereocenters. The van der Waals surface area contributed by atoms with E-state index in [9.17, 15) is 24.1 Å². The van der Waals surface area contributed by atoms with Crippen LogP contribution in [0.15, 0.2) is 0 Å². The van der Waals surface area contributed by atoms with Crippen LogP contribution in [0.25, 0.3) is 0 Å². The number of carbonyl (C=O) groups excluding carboxylic acids is 3. The molecule has 1 aliphatic heterocycles. The van der Waals surface area contributed by atoms with Crippen molar-refractivity contribution in [1.29, 1.82) is 0 Å². The van der Waals surface area contributed by atoms with Crippen LogP contribution in [0.5, 0.6) is 0 Å². The Kier molecular flexibility index (Phi) is 9.03. The second kappa shape index (κ2) is 10.3. The van der Waals surface area contributed by atoms with Gasteiger partial charge < -0.3 is 33.7 Å². The minimum Gasteiger partial charge on any atom is -0.460 e. The Morgan fingerprint density at radius 2 is 1.68 bits per heavy atom. The van der Waals surface area contributed by atoms with E-state index in [0.29, 0.717) is 0 Å². The Bertz CT molecular complexity index is 617. The van der Waals surface area contributed by atoms with E-state index in [4.69, 9.17) is 23.3 Å². The lowest BCUT2D eigenvalue weighted by Crippen LogP contribution is -2.66. The van der Waals surface area contributed by atoms with Crippen LogP contribution in [0.2, 0.25) is 0 Å². The van der Waals surface area contributed by atoms with Crippen LogP contribution in [0, 0.1) is 0 Å². The van der Waals surface area contributed by atoms with Gasteiger partial charge in [0.25, 0.3) is 5.91 Å². The van der Waals surface area contributed by atoms with E-state index in [2.05, 4.69) is 5.32 Å². The molecule has 1 fully saturated rings. The molecular formula is C16H28NO10P. The van der Waals surface area contributed by atoms with Crippen LogP contribution in [-0.4, -0.2) is 66.6 Å². The zero-order valence-electron chi connectivity index (χ0n) is 16.6. The molecule has 0 aromatic carbocycles. The van der Waals surface area contributed by atoms with E-state index in [1.54, 1.807) is 13.8 Å². The van der Waals surface area contributed by atoms with E-state index >= 15 is 0 Å². The number of nitrogens with one attached hydrogen (secondary N) is 1. The molecule has 1 heterocycles. The quantitative estimate of drug-likeness (QED) is 0.307. The molecular weight excluding hydrogens is 397 g/mol. The lowest BCUT2D eigenvalue weighted by atomic mass is 10.00. The molecule has 4 atom stereocenters. The van der Waals surface area contributed by atoms with Gasteiger partial charge in [-0.05, 0) is 20.8 Å². The van der Waals surface area contributed by atoms with Crippen molar-refractivity contribution in [3.8, 4) is 0 Å².